The summed E-state index contributed by atoms with van der Waals surface area (Å²) in [4.78, 5) is 3.27. The lowest BCUT2D eigenvalue weighted by molar-refractivity contribution is 0.795. The molecular formula is C18H19N. The van der Waals surface area contributed by atoms with E-state index in [1.54, 1.807) is 0 Å². The molecule has 3 rings (SSSR count). The molecule has 0 aliphatic heterocycles. The van der Waals surface area contributed by atoms with Crippen molar-refractivity contribution in [1.29, 1.82) is 0 Å². The molecule has 0 saturated carbocycles. The van der Waals surface area contributed by atoms with Gasteiger partial charge in [-0.15, -0.1) is 0 Å². The summed E-state index contributed by atoms with van der Waals surface area (Å²) >= 11 is 0. The number of aromatic nitrogens is 1. The Morgan fingerprint density at radius 3 is 2.47 bits per heavy atom. The minimum Gasteiger partial charge on any atom is -0.361 e. The van der Waals surface area contributed by atoms with Crippen LogP contribution in [0.2, 0.25) is 0 Å². The standard InChI is InChI=1S/C18H19N/c1-2-3-4-14-5-7-15(8-6-14)17-10-9-16-11-12-19-18(16)13-17/h5-13,19H,2-4H2,1H3. The average Bonchev–Trinajstić information content (AvgIpc) is 2.93. The molecule has 1 heteroatoms. The van der Waals surface area contributed by atoms with Crippen molar-refractivity contribution in [2.24, 2.45) is 0 Å². The van der Waals surface area contributed by atoms with Crippen LogP contribution < -0.4 is 0 Å². The van der Waals surface area contributed by atoms with Crippen molar-refractivity contribution < 1.29 is 0 Å². The second-order valence-electron chi connectivity index (χ2n) is 5.08. The third kappa shape index (κ3) is 2.55. The zero-order valence-corrected chi connectivity index (χ0v) is 11.3. The van der Waals surface area contributed by atoms with Gasteiger partial charge in [0.15, 0.2) is 0 Å². The van der Waals surface area contributed by atoms with E-state index in [0.29, 0.717) is 0 Å². The molecule has 96 valence electrons. The molecule has 0 spiro atoms. The minimum atomic E-state index is 1.19. The summed E-state index contributed by atoms with van der Waals surface area (Å²) in [5.74, 6) is 0. The molecule has 0 unspecified atom stereocenters. The van der Waals surface area contributed by atoms with Crippen molar-refractivity contribution in [2.45, 2.75) is 26.2 Å². The summed E-state index contributed by atoms with van der Waals surface area (Å²) in [7, 11) is 0. The van der Waals surface area contributed by atoms with Crippen LogP contribution in [0.5, 0.6) is 0 Å². The van der Waals surface area contributed by atoms with Crippen molar-refractivity contribution in [1.82, 2.24) is 4.98 Å². The van der Waals surface area contributed by atoms with Crippen molar-refractivity contribution in [3.63, 3.8) is 0 Å². The molecule has 0 radical (unpaired) electrons. The van der Waals surface area contributed by atoms with E-state index in [4.69, 9.17) is 0 Å². The summed E-state index contributed by atoms with van der Waals surface area (Å²) in [6.07, 6.45) is 5.70. The molecule has 19 heavy (non-hydrogen) atoms. The van der Waals surface area contributed by atoms with Gasteiger partial charge in [-0.3, -0.25) is 0 Å². The molecule has 0 bridgehead atoms. The zero-order chi connectivity index (χ0) is 13.1. The highest BCUT2D eigenvalue weighted by Crippen LogP contribution is 2.24. The maximum absolute atomic E-state index is 3.27. The third-order valence-electron chi connectivity index (χ3n) is 3.66. The maximum Gasteiger partial charge on any atom is 0.0460 e. The number of aryl methyl sites for hydroxylation is 1. The summed E-state index contributed by atoms with van der Waals surface area (Å²) in [5.41, 5.74) is 5.20. The fraction of sp³-hybridized carbons (Fsp3) is 0.222. The highest BCUT2D eigenvalue weighted by Gasteiger charge is 2.01. The first kappa shape index (κ1) is 12.0. The van der Waals surface area contributed by atoms with Gasteiger partial charge in [-0.2, -0.15) is 0 Å². The molecule has 0 aliphatic rings. The van der Waals surface area contributed by atoms with Crippen molar-refractivity contribution in [3.05, 3.63) is 60.3 Å². The van der Waals surface area contributed by atoms with Gasteiger partial charge in [0.1, 0.15) is 0 Å². The molecule has 1 N–H and O–H groups in total. The van der Waals surface area contributed by atoms with Crippen molar-refractivity contribution in [3.8, 4) is 11.1 Å². The average molecular weight is 249 g/mol. The predicted molar refractivity (Wildman–Crippen MR) is 82.3 cm³/mol. The van der Waals surface area contributed by atoms with Crippen LogP contribution in [0.15, 0.2) is 54.7 Å². The van der Waals surface area contributed by atoms with Crippen LogP contribution in [0.25, 0.3) is 22.0 Å². The number of rotatable bonds is 4. The summed E-state index contributed by atoms with van der Waals surface area (Å²) in [5, 5.41) is 1.27. The second-order valence-corrected chi connectivity index (χ2v) is 5.08. The van der Waals surface area contributed by atoms with E-state index in [9.17, 15) is 0 Å². The van der Waals surface area contributed by atoms with Crippen LogP contribution in [-0.4, -0.2) is 4.98 Å². The number of hydrogen-bond donors (Lipinski definition) is 1. The number of H-pyrrole nitrogens is 1. The lowest BCUT2D eigenvalue weighted by atomic mass is 10.0. The highest BCUT2D eigenvalue weighted by molar-refractivity contribution is 5.84. The van der Waals surface area contributed by atoms with Crippen LogP contribution in [0, 0.1) is 0 Å². The molecule has 1 aromatic heterocycles. The van der Waals surface area contributed by atoms with Gasteiger partial charge in [-0.25, -0.2) is 0 Å². The molecule has 0 atom stereocenters. The molecule has 0 amide bonds. The first-order chi connectivity index (χ1) is 9.36. The largest absolute Gasteiger partial charge is 0.361 e. The third-order valence-corrected chi connectivity index (χ3v) is 3.66. The van der Waals surface area contributed by atoms with Crippen LogP contribution in [0.3, 0.4) is 0 Å². The van der Waals surface area contributed by atoms with Crippen LogP contribution >= 0.6 is 0 Å². The molecular weight excluding hydrogens is 230 g/mol. The SMILES string of the molecule is CCCCc1ccc(-c2ccc3cc[nH]c3c2)cc1. The number of hydrogen-bond acceptors (Lipinski definition) is 0. The van der Waals surface area contributed by atoms with Crippen LogP contribution in [-0.2, 0) is 6.42 Å². The van der Waals surface area contributed by atoms with Crippen molar-refractivity contribution >= 4 is 10.9 Å². The quantitative estimate of drug-likeness (QED) is 0.656. The van der Waals surface area contributed by atoms with Crippen molar-refractivity contribution in [2.75, 3.05) is 0 Å². The van der Waals surface area contributed by atoms with E-state index in [1.165, 1.54) is 46.9 Å². The molecule has 1 heterocycles. The zero-order valence-electron chi connectivity index (χ0n) is 11.3. The van der Waals surface area contributed by atoms with Gasteiger partial charge in [0.2, 0.25) is 0 Å². The van der Waals surface area contributed by atoms with E-state index in [2.05, 4.69) is 60.4 Å². The first-order valence-corrected chi connectivity index (χ1v) is 7.03. The second kappa shape index (κ2) is 5.31. The fourth-order valence-electron chi connectivity index (χ4n) is 2.47. The predicted octanol–water partition coefficient (Wildman–Crippen LogP) is 5.18. The van der Waals surface area contributed by atoms with Gasteiger partial charge in [0.05, 0.1) is 0 Å². The van der Waals surface area contributed by atoms with Crippen LogP contribution in [0.1, 0.15) is 25.3 Å². The lowest BCUT2D eigenvalue weighted by Gasteiger charge is -2.04. The Morgan fingerprint density at radius 1 is 0.895 bits per heavy atom. The molecule has 0 aliphatic carbocycles. The lowest BCUT2D eigenvalue weighted by Crippen LogP contribution is -1.85. The summed E-state index contributed by atoms with van der Waals surface area (Å²) in [6.45, 7) is 2.24. The number of aromatic amines is 1. The Labute approximate surface area is 114 Å². The minimum absolute atomic E-state index is 1.19. The summed E-state index contributed by atoms with van der Waals surface area (Å²) in [6, 6.07) is 17.7. The highest BCUT2D eigenvalue weighted by atomic mass is 14.7. The fourth-order valence-corrected chi connectivity index (χ4v) is 2.47. The molecule has 3 aromatic rings. The van der Waals surface area contributed by atoms with Gasteiger partial charge in [-0.05, 0) is 47.1 Å². The topological polar surface area (TPSA) is 15.8 Å². The number of benzene rings is 2. The van der Waals surface area contributed by atoms with E-state index >= 15 is 0 Å². The molecule has 0 saturated heterocycles. The monoisotopic (exact) mass is 249 g/mol. The Balaban J connectivity index is 1.88. The van der Waals surface area contributed by atoms with E-state index in [-0.39, 0.29) is 0 Å². The Kier molecular flexibility index (Phi) is 3.37. The van der Waals surface area contributed by atoms with Gasteiger partial charge < -0.3 is 4.98 Å². The maximum atomic E-state index is 3.27. The first-order valence-electron chi connectivity index (χ1n) is 7.03. The van der Waals surface area contributed by atoms with Gasteiger partial charge >= 0.3 is 0 Å². The van der Waals surface area contributed by atoms with E-state index in [0.717, 1.165) is 0 Å². The van der Waals surface area contributed by atoms with E-state index in [1.807, 2.05) is 6.20 Å². The van der Waals surface area contributed by atoms with Gasteiger partial charge in [-0.1, -0.05) is 49.7 Å². The van der Waals surface area contributed by atoms with Crippen LogP contribution in [0.4, 0.5) is 0 Å². The summed E-state index contributed by atoms with van der Waals surface area (Å²) < 4.78 is 0. The smallest absolute Gasteiger partial charge is 0.0460 e. The normalized spacial score (nSPS) is 11.0. The van der Waals surface area contributed by atoms with Gasteiger partial charge in [0, 0.05) is 11.7 Å². The van der Waals surface area contributed by atoms with E-state index < -0.39 is 0 Å². The Morgan fingerprint density at radius 2 is 1.68 bits per heavy atom. The molecule has 1 nitrogen and oxygen atoms in total. The Bertz CT molecular complexity index is 661. The Hall–Kier alpha value is -2.02. The number of unbranched alkanes of at least 4 members (excludes halogenated alkanes) is 1. The van der Waals surface area contributed by atoms with Gasteiger partial charge in [0.25, 0.3) is 0 Å². The molecule has 0 fully saturated rings. The molecule has 2 aromatic carbocycles. The number of fused-ring (bicyclic) bond motifs is 1. The number of nitrogens with one attached hydrogen (secondary N) is 1.